The van der Waals surface area contributed by atoms with Crippen LogP contribution in [0.15, 0.2) is 30.6 Å². The number of carbonyl (C=O) groups excluding carboxylic acids is 1. The summed E-state index contributed by atoms with van der Waals surface area (Å²) >= 11 is 0. The van der Waals surface area contributed by atoms with Crippen molar-refractivity contribution in [1.82, 2.24) is 14.6 Å². The lowest BCUT2D eigenvalue weighted by atomic mass is 10.1. The maximum Gasteiger partial charge on any atom is 0.345 e. The van der Waals surface area contributed by atoms with Crippen molar-refractivity contribution in [3.05, 3.63) is 52.8 Å². The van der Waals surface area contributed by atoms with Crippen molar-refractivity contribution in [3.8, 4) is 0 Å². The van der Waals surface area contributed by atoms with E-state index in [9.17, 15) is 9.59 Å². The number of anilines is 2. The minimum Gasteiger partial charge on any atom is -0.478 e. The molecule has 2 N–H and O–H groups in total. The first-order valence-electron chi connectivity index (χ1n) is 8.03. The number of carboxylic acids is 1. The normalized spacial score (nSPS) is 10.7. The van der Waals surface area contributed by atoms with Crippen LogP contribution < -0.4 is 5.32 Å². The average Bonchev–Trinajstić information content (AvgIpc) is 2.95. The number of nitrogens with zero attached hydrogens (tertiary/aromatic N) is 3. The van der Waals surface area contributed by atoms with E-state index in [2.05, 4.69) is 15.4 Å². The van der Waals surface area contributed by atoms with Crippen molar-refractivity contribution in [3.63, 3.8) is 0 Å². The van der Waals surface area contributed by atoms with Gasteiger partial charge in [-0.3, -0.25) is 0 Å². The molecule has 8 nitrogen and oxygen atoms in total. The van der Waals surface area contributed by atoms with Crippen molar-refractivity contribution < 1.29 is 19.4 Å². The Bertz CT molecular complexity index is 1010. The highest BCUT2D eigenvalue weighted by atomic mass is 16.5. The van der Waals surface area contributed by atoms with Gasteiger partial charge in [0.05, 0.1) is 12.2 Å². The van der Waals surface area contributed by atoms with Crippen LogP contribution in [0.4, 0.5) is 11.5 Å². The van der Waals surface area contributed by atoms with Crippen LogP contribution in [0.25, 0.3) is 5.65 Å². The molecule has 3 aromatic rings. The van der Waals surface area contributed by atoms with E-state index in [1.807, 2.05) is 32.0 Å². The third-order valence-corrected chi connectivity index (χ3v) is 3.85. The van der Waals surface area contributed by atoms with Crippen molar-refractivity contribution in [2.24, 2.45) is 0 Å². The van der Waals surface area contributed by atoms with Gasteiger partial charge in [-0.2, -0.15) is 0 Å². The average molecular weight is 354 g/mol. The summed E-state index contributed by atoms with van der Waals surface area (Å²) in [6.45, 7) is 5.80. The Morgan fingerprint density at radius 1 is 1.31 bits per heavy atom. The second kappa shape index (κ2) is 6.83. The number of ether oxygens (including phenoxy) is 1. The monoisotopic (exact) mass is 354 g/mol. The third-order valence-electron chi connectivity index (χ3n) is 3.85. The molecule has 0 bridgehead atoms. The number of fused-ring (bicyclic) bond motifs is 1. The fraction of sp³-hybridized carbons (Fsp3) is 0.222. The highest BCUT2D eigenvalue weighted by molar-refractivity contribution is 6.02. The molecule has 8 heteroatoms. The number of aryl methyl sites for hydroxylation is 2. The first-order valence-corrected chi connectivity index (χ1v) is 8.03. The Morgan fingerprint density at radius 3 is 2.77 bits per heavy atom. The summed E-state index contributed by atoms with van der Waals surface area (Å²) in [6, 6.07) is 5.87. The van der Waals surface area contributed by atoms with Crippen LogP contribution in [-0.4, -0.2) is 38.3 Å². The number of carboxylic acid groups (broad SMARTS) is 1. The number of rotatable bonds is 5. The summed E-state index contributed by atoms with van der Waals surface area (Å²) in [5, 5.41) is 16.6. The molecule has 0 aliphatic rings. The minimum atomic E-state index is -1.13. The van der Waals surface area contributed by atoms with Crippen LogP contribution in [0.1, 0.15) is 38.8 Å². The van der Waals surface area contributed by atoms with E-state index in [1.54, 1.807) is 6.92 Å². The van der Waals surface area contributed by atoms with Crippen molar-refractivity contribution in [2.45, 2.75) is 20.8 Å². The van der Waals surface area contributed by atoms with E-state index < -0.39 is 11.9 Å². The van der Waals surface area contributed by atoms with Gasteiger partial charge in [-0.1, -0.05) is 12.1 Å². The van der Waals surface area contributed by atoms with E-state index in [1.165, 1.54) is 16.9 Å². The molecule has 0 unspecified atom stereocenters. The molecule has 0 atom stereocenters. The van der Waals surface area contributed by atoms with E-state index in [-0.39, 0.29) is 29.2 Å². The van der Waals surface area contributed by atoms with E-state index in [0.29, 0.717) is 0 Å². The second-order valence-corrected chi connectivity index (χ2v) is 5.80. The maximum absolute atomic E-state index is 12.4. The maximum atomic E-state index is 12.4. The number of nitrogens with one attached hydrogen (secondary N) is 1. The van der Waals surface area contributed by atoms with Gasteiger partial charge in [-0.25, -0.2) is 19.1 Å². The molecule has 0 spiro atoms. The van der Waals surface area contributed by atoms with Gasteiger partial charge in [-0.05, 0) is 38.0 Å². The molecule has 0 radical (unpaired) electrons. The minimum absolute atomic E-state index is 0.0336. The lowest BCUT2D eigenvalue weighted by molar-refractivity contribution is 0.0529. The summed E-state index contributed by atoms with van der Waals surface area (Å²) in [5.41, 5.74) is 3.16. The summed E-state index contributed by atoms with van der Waals surface area (Å²) in [6.07, 6.45) is 2.49. The number of hydrogen-bond acceptors (Lipinski definition) is 6. The van der Waals surface area contributed by atoms with Gasteiger partial charge >= 0.3 is 11.9 Å². The first-order chi connectivity index (χ1) is 12.4. The molecule has 1 aromatic carbocycles. The van der Waals surface area contributed by atoms with Crippen molar-refractivity contribution in [1.29, 1.82) is 0 Å². The molecule has 0 aliphatic heterocycles. The van der Waals surface area contributed by atoms with Crippen LogP contribution in [0.2, 0.25) is 0 Å². The zero-order valence-corrected chi connectivity index (χ0v) is 14.6. The topological polar surface area (TPSA) is 106 Å². The third kappa shape index (κ3) is 3.21. The second-order valence-electron chi connectivity index (χ2n) is 5.80. The smallest absolute Gasteiger partial charge is 0.345 e. The largest absolute Gasteiger partial charge is 0.478 e. The van der Waals surface area contributed by atoms with Crippen LogP contribution in [0, 0.1) is 13.8 Å². The number of hydrogen-bond donors (Lipinski definition) is 2. The van der Waals surface area contributed by atoms with Gasteiger partial charge in [-0.15, -0.1) is 5.10 Å². The molecule has 134 valence electrons. The summed E-state index contributed by atoms with van der Waals surface area (Å²) in [5.74, 6) is -1.45. The first kappa shape index (κ1) is 17.4. The molecular weight excluding hydrogens is 336 g/mol. The summed E-state index contributed by atoms with van der Waals surface area (Å²) in [4.78, 5) is 27.7. The highest BCUT2D eigenvalue weighted by Crippen LogP contribution is 2.26. The van der Waals surface area contributed by atoms with Crippen molar-refractivity contribution in [2.75, 3.05) is 11.9 Å². The van der Waals surface area contributed by atoms with Gasteiger partial charge in [0.15, 0.2) is 11.5 Å². The molecule has 0 aliphatic carbocycles. The SMILES string of the molecule is CCOC(=O)c1c(Nc2cc(C)ccc2C)nn2cc(C(=O)O)cnc12. The lowest BCUT2D eigenvalue weighted by Gasteiger charge is -2.09. The molecule has 0 fully saturated rings. The van der Waals surface area contributed by atoms with E-state index in [4.69, 9.17) is 9.84 Å². The lowest BCUT2D eigenvalue weighted by Crippen LogP contribution is -2.08. The standard InChI is InChI=1S/C18H18N4O4/c1-4-26-18(25)14-15(20-13-7-10(2)5-6-11(13)3)21-22-9-12(17(23)24)8-19-16(14)22/h5-9H,4H2,1-3H3,(H,20,21)(H,23,24). The molecular formula is C18H18N4O4. The Balaban J connectivity index is 2.15. The zero-order chi connectivity index (χ0) is 18.8. The van der Waals surface area contributed by atoms with E-state index in [0.717, 1.165) is 16.8 Å². The number of aromatic carboxylic acids is 1. The molecule has 2 heterocycles. The Hall–Kier alpha value is -3.42. The number of carbonyl (C=O) groups is 2. The Labute approximate surface area is 149 Å². The summed E-state index contributed by atoms with van der Waals surface area (Å²) in [7, 11) is 0. The zero-order valence-electron chi connectivity index (χ0n) is 14.6. The number of esters is 1. The Morgan fingerprint density at radius 2 is 2.08 bits per heavy atom. The number of aromatic nitrogens is 3. The van der Waals surface area contributed by atoms with Crippen LogP contribution in [0.5, 0.6) is 0 Å². The van der Waals surface area contributed by atoms with E-state index >= 15 is 0 Å². The molecule has 3 rings (SSSR count). The van der Waals surface area contributed by atoms with Gasteiger partial charge in [0.1, 0.15) is 5.56 Å². The van der Waals surface area contributed by atoms with Crippen LogP contribution in [0.3, 0.4) is 0 Å². The fourth-order valence-corrected chi connectivity index (χ4v) is 2.52. The highest BCUT2D eigenvalue weighted by Gasteiger charge is 2.23. The molecule has 0 saturated carbocycles. The Kier molecular flexibility index (Phi) is 4.57. The predicted octanol–water partition coefficient (Wildman–Crippen LogP) is 2.96. The van der Waals surface area contributed by atoms with Gasteiger partial charge in [0.2, 0.25) is 0 Å². The van der Waals surface area contributed by atoms with Gasteiger partial charge < -0.3 is 15.2 Å². The molecule has 0 saturated heterocycles. The van der Waals surface area contributed by atoms with Gasteiger partial charge in [0, 0.05) is 18.1 Å². The van der Waals surface area contributed by atoms with Crippen LogP contribution >= 0.6 is 0 Å². The summed E-state index contributed by atoms with van der Waals surface area (Å²) < 4.78 is 6.38. The predicted molar refractivity (Wildman–Crippen MR) is 95.1 cm³/mol. The van der Waals surface area contributed by atoms with Crippen molar-refractivity contribution >= 4 is 29.1 Å². The molecule has 2 aromatic heterocycles. The number of benzene rings is 1. The van der Waals surface area contributed by atoms with Crippen LogP contribution in [-0.2, 0) is 4.74 Å². The molecule has 0 amide bonds. The quantitative estimate of drug-likeness (QED) is 0.678. The van der Waals surface area contributed by atoms with Gasteiger partial charge in [0.25, 0.3) is 0 Å². The molecule has 26 heavy (non-hydrogen) atoms. The fourth-order valence-electron chi connectivity index (χ4n) is 2.52.